The minimum absolute atomic E-state index is 0.0754. The molecule has 10 nitrogen and oxygen atoms in total. The van der Waals surface area contributed by atoms with Gasteiger partial charge in [0.2, 0.25) is 0 Å². The number of rotatable bonds is 15. The van der Waals surface area contributed by atoms with E-state index in [1.807, 2.05) is 119 Å². The van der Waals surface area contributed by atoms with Crippen LogP contribution in [0.1, 0.15) is 61.1 Å². The fourth-order valence-electron chi connectivity index (χ4n) is 5.73. The van der Waals surface area contributed by atoms with E-state index in [1.54, 1.807) is 25.3 Å². The van der Waals surface area contributed by atoms with Gasteiger partial charge in [-0.25, -0.2) is 9.97 Å². The lowest BCUT2D eigenvalue weighted by Crippen LogP contribution is -2.08. The number of carbonyl (C=O) groups excluding carboxylic acids is 1. The molecule has 2 aromatic heterocycles. The van der Waals surface area contributed by atoms with Gasteiger partial charge in [-0.1, -0.05) is 83.9 Å². The third kappa shape index (κ3) is 14.8. The smallest absolute Gasteiger partial charge is 0.188 e. The molecule has 1 atom stereocenters. The Morgan fingerprint density at radius 2 is 1.07 bits per heavy atom. The van der Waals surface area contributed by atoms with Gasteiger partial charge < -0.3 is 33.5 Å². The van der Waals surface area contributed by atoms with Crippen molar-refractivity contribution in [2.24, 2.45) is 0 Å². The first-order valence-corrected chi connectivity index (χ1v) is 20.2. The van der Waals surface area contributed by atoms with Crippen molar-refractivity contribution in [3.05, 3.63) is 173 Å². The molecule has 310 valence electrons. The third-order valence-corrected chi connectivity index (χ3v) is 9.73. The van der Waals surface area contributed by atoms with Gasteiger partial charge in [-0.2, -0.15) is 0 Å². The second kappa shape index (κ2) is 24.4. The highest BCUT2D eigenvalue weighted by Crippen LogP contribution is 2.33. The fraction of sp³-hybridized carbons (Fsp3) is 0.239. The Morgan fingerprint density at radius 3 is 1.49 bits per heavy atom. The van der Waals surface area contributed by atoms with E-state index in [1.165, 1.54) is 7.11 Å². The Balaban J connectivity index is 0.000000217. The molecule has 0 saturated heterocycles. The van der Waals surface area contributed by atoms with E-state index in [0.717, 1.165) is 66.0 Å². The number of benzene rings is 4. The molecule has 0 saturated carbocycles. The highest BCUT2D eigenvalue weighted by atomic mass is 127. The molecular weight excluding hydrogens is 906 g/mol. The van der Waals surface area contributed by atoms with Crippen molar-refractivity contribution in [2.75, 3.05) is 27.8 Å². The summed E-state index contributed by atoms with van der Waals surface area (Å²) in [5, 5.41) is 11.5. The van der Waals surface area contributed by atoms with Crippen molar-refractivity contribution < 1.29 is 38.3 Å². The number of ether oxygens (including phenoxy) is 6. The van der Waals surface area contributed by atoms with Crippen LogP contribution in [0.25, 0.3) is 0 Å². The lowest BCUT2D eigenvalue weighted by Gasteiger charge is -2.19. The maximum atomic E-state index is 10.9. The minimum Gasteiger partial charge on any atom is -0.489 e. The van der Waals surface area contributed by atoms with E-state index in [9.17, 15) is 9.90 Å². The van der Waals surface area contributed by atoms with E-state index < -0.39 is 6.10 Å². The Morgan fingerprint density at radius 1 is 0.627 bits per heavy atom. The molecule has 0 amide bonds. The molecule has 6 aromatic rings. The summed E-state index contributed by atoms with van der Waals surface area (Å²) < 4.78 is 32.5. The van der Waals surface area contributed by atoms with Crippen LogP contribution in [0.15, 0.2) is 109 Å². The summed E-state index contributed by atoms with van der Waals surface area (Å²) in [6.45, 7) is 9.02. The quantitative estimate of drug-likeness (QED) is 0.0461. The van der Waals surface area contributed by atoms with Crippen LogP contribution in [-0.4, -0.2) is 49.2 Å². The molecule has 4 aromatic carbocycles. The predicted octanol–water partition coefficient (Wildman–Crippen LogP) is 11.0. The van der Waals surface area contributed by atoms with E-state index >= 15 is 0 Å². The first kappa shape index (κ1) is 46.9. The number of hydrogen-bond acceptors (Lipinski definition) is 10. The molecule has 0 radical (unpaired) electrons. The number of nitrogens with zero attached hydrogens (tertiary/aromatic N) is 2. The Kier molecular flexibility index (Phi) is 19.4. The van der Waals surface area contributed by atoms with Gasteiger partial charge in [-0.15, -0.1) is 0 Å². The highest BCUT2D eigenvalue weighted by Gasteiger charge is 2.20. The monoisotopic (exact) mass is 952 g/mol. The van der Waals surface area contributed by atoms with E-state index in [0.29, 0.717) is 35.6 Å². The number of hydrogen-bond donors (Lipinski definition) is 1. The lowest BCUT2D eigenvalue weighted by atomic mass is 9.95. The zero-order valence-corrected chi connectivity index (χ0v) is 37.4. The minimum atomic E-state index is -0.910. The Bertz CT molecular complexity index is 2200. The van der Waals surface area contributed by atoms with Crippen molar-refractivity contribution in [3.63, 3.8) is 0 Å². The molecule has 1 N–H and O–H groups in total. The molecule has 0 fully saturated rings. The van der Waals surface area contributed by atoms with Crippen molar-refractivity contribution in [1.29, 1.82) is 0 Å². The Hall–Kier alpha value is -4.76. The van der Waals surface area contributed by atoms with Crippen LogP contribution in [0.2, 0.25) is 10.3 Å². The predicted molar refractivity (Wildman–Crippen MR) is 239 cm³/mol. The molecule has 0 aliphatic heterocycles. The van der Waals surface area contributed by atoms with Crippen LogP contribution in [-0.2, 0) is 22.7 Å². The third-order valence-electron chi connectivity index (χ3n) is 8.58. The van der Waals surface area contributed by atoms with Gasteiger partial charge in [0.05, 0.1) is 5.69 Å². The molecule has 2 heterocycles. The lowest BCUT2D eigenvalue weighted by molar-refractivity contribution is 0.0507. The summed E-state index contributed by atoms with van der Waals surface area (Å²) in [4.78, 5) is 19.2. The van der Waals surface area contributed by atoms with Crippen molar-refractivity contribution >= 4 is 52.1 Å². The number of aryl methyl sites for hydroxylation is 4. The fourth-order valence-corrected chi connectivity index (χ4v) is 6.72. The molecule has 0 spiro atoms. The largest absolute Gasteiger partial charge is 0.489 e. The molecule has 0 aliphatic rings. The topological polar surface area (TPSA) is 118 Å². The van der Waals surface area contributed by atoms with Crippen molar-refractivity contribution in [3.8, 4) is 23.0 Å². The summed E-state index contributed by atoms with van der Waals surface area (Å²) in [5.74, 6) is 2.51. The van der Waals surface area contributed by atoms with Crippen molar-refractivity contribution in [2.45, 2.75) is 47.0 Å². The number of methoxy groups -OCH3 is 2. The SMILES string of the molecule is COCOc1ccc(C(O)c2c(C)cc(OCc3ccccc3)cc2C)nc1Cl.COCOc1ccc(I)nc1Cl.Cc1cc(OCc2ccccc2)cc(C)c1C=O. The first-order chi connectivity index (χ1) is 28.4. The van der Waals surface area contributed by atoms with Crippen LogP contribution in [0.5, 0.6) is 23.0 Å². The van der Waals surface area contributed by atoms with Gasteiger partial charge in [-0.05, 0) is 138 Å². The summed E-state index contributed by atoms with van der Waals surface area (Å²) in [6.07, 6.45) is -0.0156. The van der Waals surface area contributed by atoms with Crippen LogP contribution in [0.4, 0.5) is 0 Å². The zero-order valence-electron chi connectivity index (χ0n) is 33.7. The maximum Gasteiger partial charge on any atom is 0.188 e. The van der Waals surface area contributed by atoms with Gasteiger partial charge in [-0.3, -0.25) is 4.79 Å². The Labute approximate surface area is 369 Å². The standard InChI is InChI=1S/C23H24ClNO4.C16H16O2.C7H7ClINO2/c1-15-11-18(28-13-17-7-5-4-6-8-17)12-16(2)21(15)22(26)19-9-10-20(23(24)25-19)29-14-27-3;1-12-8-15(9-13(2)16(12)10-17)18-11-14-6-4-3-5-7-14;1-11-4-12-5-2-3-6(9)10-7(5)8/h4-12,22,26H,13-14H2,1-3H3;3-10H,11H2,1-2H3;2-3H,4H2,1H3. The second-order valence-electron chi connectivity index (χ2n) is 13.1. The van der Waals surface area contributed by atoms with Crippen LogP contribution in [0.3, 0.4) is 0 Å². The number of carbonyl (C=O) groups is 1. The number of halogens is 3. The van der Waals surface area contributed by atoms with Gasteiger partial charge in [0, 0.05) is 19.8 Å². The average molecular weight is 954 g/mol. The van der Waals surface area contributed by atoms with Crippen LogP contribution >= 0.6 is 45.8 Å². The second-order valence-corrected chi connectivity index (χ2v) is 14.9. The average Bonchev–Trinajstić information content (AvgIpc) is 3.22. The highest BCUT2D eigenvalue weighted by molar-refractivity contribution is 14.1. The summed E-state index contributed by atoms with van der Waals surface area (Å²) >= 11 is 14.0. The molecule has 1 unspecified atom stereocenters. The molecule has 0 bridgehead atoms. The molecule has 0 aliphatic carbocycles. The number of aromatic nitrogens is 2. The van der Waals surface area contributed by atoms with E-state index in [4.69, 9.17) is 51.6 Å². The number of pyridine rings is 2. The maximum absolute atomic E-state index is 10.9. The van der Waals surface area contributed by atoms with Crippen LogP contribution in [0, 0.1) is 31.4 Å². The zero-order chi connectivity index (χ0) is 42.7. The normalized spacial score (nSPS) is 10.9. The molecule has 13 heteroatoms. The molecule has 6 rings (SSSR count). The molecule has 59 heavy (non-hydrogen) atoms. The first-order valence-electron chi connectivity index (χ1n) is 18.3. The number of aldehydes is 1. The van der Waals surface area contributed by atoms with Gasteiger partial charge >= 0.3 is 0 Å². The van der Waals surface area contributed by atoms with E-state index in [2.05, 4.69) is 32.6 Å². The molecular formula is C46H47Cl2IN2O8. The van der Waals surface area contributed by atoms with E-state index in [-0.39, 0.29) is 18.7 Å². The number of aliphatic hydroxyl groups excluding tert-OH is 1. The summed E-state index contributed by atoms with van der Waals surface area (Å²) in [5.41, 5.74) is 7.95. The van der Waals surface area contributed by atoms with Crippen molar-refractivity contribution in [1.82, 2.24) is 9.97 Å². The van der Waals surface area contributed by atoms with Gasteiger partial charge in [0.25, 0.3) is 0 Å². The summed E-state index contributed by atoms with van der Waals surface area (Å²) in [6, 6.07) is 34.6. The van der Waals surface area contributed by atoms with Gasteiger partial charge in [0.1, 0.15) is 34.5 Å². The van der Waals surface area contributed by atoms with Gasteiger partial charge in [0.15, 0.2) is 41.7 Å². The number of aliphatic hydroxyl groups is 1. The summed E-state index contributed by atoms with van der Waals surface area (Å²) in [7, 11) is 3.08. The van der Waals surface area contributed by atoms with Crippen LogP contribution < -0.4 is 18.9 Å².